The van der Waals surface area contributed by atoms with Gasteiger partial charge in [0.1, 0.15) is 11.6 Å². The van der Waals surface area contributed by atoms with E-state index in [1.807, 2.05) is 0 Å². The Hall–Kier alpha value is -3.03. The van der Waals surface area contributed by atoms with Crippen LogP contribution in [-0.2, 0) is 0 Å². The summed E-state index contributed by atoms with van der Waals surface area (Å²) in [6, 6.07) is 11.5. The summed E-state index contributed by atoms with van der Waals surface area (Å²) in [5.74, 6) is 0.575. The Balaban J connectivity index is 1.93. The minimum atomic E-state index is -4.82. The van der Waals surface area contributed by atoms with Gasteiger partial charge in [0.05, 0.1) is 11.2 Å². The van der Waals surface area contributed by atoms with E-state index in [-0.39, 0.29) is 5.75 Å². The largest absolute Gasteiger partial charge is 0.573 e. The molecule has 0 unspecified atom stereocenters. The van der Waals surface area contributed by atoms with Gasteiger partial charge in [-0.15, -0.1) is 13.2 Å². The van der Waals surface area contributed by atoms with E-state index in [1.54, 1.807) is 36.4 Å². The van der Waals surface area contributed by atoms with Crippen LogP contribution in [0.3, 0.4) is 0 Å². The molecule has 0 radical (unpaired) electrons. The Morgan fingerprint density at radius 2 is 1.93 bits per heavy atom. The molecule has 4 rings (SSSR count). The SMILES string of the molecule is Cc1cc2c(NCC3CC3)nc(=O)n(-c3ccccc3)c2cc1OC(F)(F)F. The minimum Gasteiger partial charge on any atom is -0.405 e. The number of ether oxygens (including phenoxy) is 1. The number of alkyl halides is 3. The Bertz CT molecular complexity index is 1070. The molecule has 3 aromatic rings. The highest BCUT2D eigenvalue weighted by atomic mass is 19.4. The first-order valence-corrected chi connectivity index (χ1v) is 8.94. The van der Waals surface area contributed by atoms with Gasteiger partial charge < -0.3 is 10.1 Å². The molecule has 0 saturated heterocycles. The van der Waals surface area contributed by atoms with Gasteiger partial charge in [-0.3, -0.25) is 4.57 Å². The van der Waals surface area contributed by atoms with E-state index < -0.39 is 12.1 Å². The number of nitrogens with one attached hydrogen (secondary N) is 1. The van der Waals surface area contributed by atoms with Crippen LogP contribution < -0.4 is 15.7 Å². The van der Waals surface area contributed by atoms with Crippen molar-refractivity contribution in [2.75, 3.05) is 11.9 Å². The van der Waals surface area contributed by atoms with E-state index >= 15 is 0 Å². The molecule has 5 nitrogen and oxygen atoms in total. The zero-order valence-electron chi connectivity index (χ0n) is 15.1. The fourth-order valence-corrected chi connectivity index (χ4v) is 3.12. The lowest BCUT2D eigenvalue weighted by atomic mass is 10.1. The second-order valence-corrected chi connectivity index (χ2v) is 6.92. The van der Waals surface area contributed by atoms with Crippen LogP contribution in [0.2, 0.25) is 0 Å². The number of fused-ring (bicyclic) bond motifs is 1. The molecule has 1 fully saturated rings. The highest BCUT2D eigenvalue weighted by Gasteiger charge is 2.32. The summed E-state index contributed by atoms with van der Waals surface area (Å²) in [5, 5.41) is 3.74. The maximum atomic E-state index is 12.8. The fourth-order valence-electron chi connectivity index (χ4n) is 3.12. The summed E-state index contributed by atoms with van der Waals surface area (Å²) < 4.78 is 43.9. The molecule has 1 saturated carbocycles. The van der Waals surface area contributed by atoms with Crippen LogP contribution in [0, 0.1) is 12.8 Å². The predicted molar refractivity (Wildman–Crippen MR) is 100.0 cm³/mol. The zero-order chi connectivity index (χ0) is 19.9. The molecule has 0 amide bonds. The van der Waals surface area contributed by atoms with Crippen LogP contribution in [0.1, 0.15) is 18.4 Å². The van der Waals surface area contributed by atoms with Gasteiger partial charge in [0, 0.05) is 18.0 Å². The molecule has 146 valence electrons. The number of para-hydroxylation sites is 1. The third kappa shape index (κ3) is 3.81. The normalized spacial score (nSPS) is 14.3. The minimum absolute atomic E-state index is 0.300. The molecule has 1 heterocycles. The molecule has 1 N–H and O–H groups in total. The highest BCUT2D eigenvalue weighted by Crippen LogP contribution is 2.34. The van der Waals surface area contributed by atoms with Crippen molar-refractivity contribution in [1.29, 1.82) is 0 Å². The number of benzene rings is 2. The first-order valence-electron chi connectivity index (χ1n) is 8.94. The predicted octanol–water partition coefficient (Wildman–Crippen LogP) is 4.41. The molecule has 0 aliphatic heterocycles. The molecule has 1 aliphatic rings. The highest BCUT2D eigenvalue weighted by molar-refractivity contribution is 5.92. The third-order valence-corrected chi connectivity index (χ3v) is 4.68. The van der Waals surface area contributed by atoms with Gasteiger partial charge in [-0.1, -0.05) is 18.2 Å². The average molecular weight is 389 g/mol. The van der Waals surface area contributed by atoms with Crippen LogP contribution in [0.25, 0.3) is 16.6 Å². The van der Waals surface area contributed by atoms with Gasteiger partial charge in [-0.2, -0.15) is 4.98 Å². The van der Waals surface area contributed by atoms with Crippen molar-refractivity contribution < 1.29 is 17.9 Å². The lowest BCUT2D eigenvalue weighted by Gasteiger charge is -2.17. The molecule has 2 aromatic carbocycles. The fraction of sp³-hybridized carbons (Fsp3) is 0.300. The van der Waals surface area contributed by atoms with Crippen LogP contribution in [0.4, 0.5) is 19.0 Å². The quantitative estimate of drug-likeness (QED) is 0.702. The average Bonchev–Trinajstić information content (AvgIpc) is 3.45. The van der Waals surface area contributed by atoms with Crippen molar-refractivity contribution in [3.63, 3.8) is 0 Å². The Labute approximate surface area is 158 Å². The van der Waals surface area contributed by atoms with Crippen molar-refractivity contribution in [3.8, 4) is 11.4 Å². The Morgan fingerprint density at radius 3 is 2.57 bits per heavy atom. The standard InChI is InChI=1S/C20H18F3N3O2/c1-12-9-15-16(10-17(12)28-20(21,22)23)26(14-5-3-2-4-6-14)19(27)25-18(15)24-11-13-7-8-13/h2-6,9-10,13H,7-8,11H2,1H3,(H,24,25,27). The van der Waals surface area contributed by atoms with E-state index in [1.165, 1.54) is 17.6 Å². The number of halogens is 3. The molecule has 8 heteroatoms. The first kappa shape index (κ1) is 18.3. The van der Waals surface area contributed by atoms with Crippen LogP contribution in [0.5, 0.6) is 5.75 Å². The molecule has 0 atom stereocenters. The molecule has 1 aromatic heterocycles. The van der Waals surface area contributed by atoms with Crippen molar-refractivity contribution in [2.24, 2.45) is 5.92 Å². The van der Waals surface area contributed by atoms with Gasteiger partial charge in [0.25, 0.3) is 0 Å². The number of hydrogen-bond donors (Lipinski definition) is 1. The molecular formula is C20H18F3N3O2. The summed E-state index contributed by atoms with van der Waals surface area (Å²) in [5.41, 5.74) is 0.549. The van der Waals surface area contributed by atoms with E-state index in [0.29, 0.717) is 40.4 Å². The number of nitrogens with zero attached hydrogens (tertiary/aromatic N) is 2. The van der Waals surface area contributed by atoms with E-state index in [0.717, 1.165) is 12.8 Å². The second-order valence-electron chi connectivity index (χ2n) is 6.92. The molecule has 28 heavy (non-hydrogen) atoms. The van der Waals surface area contributed by atoms with Crippen LogP contribution >= 0.6 is 0 Å². The van der Waals surface area contributed by atoms with Crippen molar-refractivity contribution in [3.05, 3.63) is 58.5 Å². The topological polar surface area (TPSA) is 56.2 Å². The van der Waals surface area contributed by atoms with Gasteiger partial charge >= 0.3 is 12.1 Å². The summed E-state index contributed by atoms with van der Waals surface area (Å²) in [4.78, 5) is 16.9. The molecule has 0 bridgehead atoms. The Kier molecular flexibility index (Phi) is 4.49. The maximum absolute atomic E-state index is 12.8. The zero-order valence-corrected chi connectivity index (χ0v) is 15.1. The van der Waals surface area contributed by atoms with E-state index in [9.17, 15) is 18.0 Å². The van der Waals surface area contributed by atoms with E-state index in [4.69, 9.17) is 0 Å². The summed E-state index contributed by atoms with van der Waals surface area (Å²) >= 11 is 0. The number of aryl methyl sites for hydroxylation is 1. The summed E-state index contributed by atoms with van der Waals surface area (Å²) in [6.07, 6.45) is -2.58. The number of rotatable bonds is 5. The molecule has 0 spiro atoms. The third-order valence-electron chi connectivity index (χ3n) is 4.68. The summed E-state index contributed by atoms with van der Waals surface area (Å²) in [6.45, 7) is 2.21. The smallest absolute Gasteiger partial charge is 0.405 e. The van der Waals surface area contributed by atoms with Crippen molar-refractivity contribution >= 4 is 16.7 Å². The van der Waals surface area contributed by atoms with Gasteiger partial charge in [-0.25, -0.2) is 4.79 Å². The molecular weight excluding hydrogens is 371 g/mol. The lowest BCUT2D eigenvalue weighted by Crippen LogP contribution is -2.24. The van der Waals surface area contributed by atoms with Gasteiger partial charge in [0.2, 0.25) is 0 Å². The number of anilines is 1. The van der Waals surface area contributed by atoms with Gasteiger partial charge in [-0.05, 0) is 49.4 Å². The van der Waals surface area contributed by atoms with Crippen LogP contribution in [0.15, 0.2) is 47.3 Å². The van der Waals surface area contributed by atoms with Gasteiger partial charge in [0.15, 0.2) is 0 Å². The Morgan fingerprint density at radius 1 is 1.21 bits per heavy atom. The monoisotopic (exact) mass is 389 g/mol. The summed E-state index contributed by atoms with van der Waals surface area (Å²) in [7, 11) is 0. The first-order chi connectivity index (χ1) is 13.3. The van der Waals surface area contributed by atoms with Crippen molar-refractivity contribution in [2.45, 2.75) is 26.1 Å². The van der Waals surface area contributed by atoms with Crippen LogP contribution in [-0.4, -0.2) is 22.5 Å². The number of aromatic nitrogens is 2. The molecule has 1 aliphatic carbocycles. The van der Waals surface area contributed by atoms with Crippen molar-refractivity contribution in [1.82, 2.24) is 9.55 Å². The lowest BCUT2D eigenvalue weighted by molar-refractivity contribution is -0.274. The number of hydrogen-bond acceptors (Lipinski definition) is 4. The maximum Gasteiger partial charge on any atom is 0.573 e. The van der Waals surface area contributed by atoms with E-state index in [2.05, 4.69) is 15.0 Å². The second kappa shape index (κ2) is 6.85.